The zero-order valence-corrected chi connectivity index (χ0v) is 11.6. The van der Waals surface area contributed by atoms with Crippen molar-refractivity contribution in [1.82, 2.24) is 10.3 Å². The largest absolute Gasteiger partial charge is 0.494 e. The molecule has 1 aromatic heterocycles. The highest BCUT2D eigenvalue weighted by Crippen LogP contribution is 2.36. The highest BCUT2D eigenvalue weighted by molar-refractivity contribution is 7.18. The summed E-state index contributed by atoms with van der Waals surface area (Å²) in [4.78, 5) is 4.79. The summed E-state index contributed by atoms with van der Waals surface area (Å²) in [6.07, 6.45) is 1.17. The Labute approximate surface area is 111 Å². The van der Waals surface area contributed by atoms with Gasteiger partial charge in [0.15, 0.2) is 0 Å². The summed E-state index contributed by atoms with van der Waals surface area (Å²) in [7, 11) is 0. The molecule has 0 saturated carbocycles. The van der Waals surface area contributed by atoms with Gasteiger partial charge in [-0.2, -0.15) is 0 Å². The molecule has 3 nitrogen and oxygen atoms in total. The quantitative estimate of drug-likeness (QED) is 0.923. The summed E-state index contributed by atoms with van der Waals surface area (Å²) in [5, 5.41) is 4.68. The summed E-state index contributed by atoms with van der Waals surface area (Å²) >= 11 is 1.80. The van der Waals surface area contributed by atoms with Crippen molar-refractivity contribution >= 4 is 21.6 Å². The number of ether oxygens (including phenoxy) is 1. The third-order valence-electron chi connectivity index (χ3n) is 3.56. The van der Waals surface area contributed by atoms with Crippen LogP contribution in [-0.2, 0) is 5.41 Å². The Bertz CT molecular complexity index is 558. The smallest absolute Gasteiger partial charge is 0.120 e. The normalized spacial score (nSPS) is 23.7. The molecule has 1 N–H and O–H groups in total. The van der Waals surface area contributed by atoms with Crippen LogP contribution in [0.15, 0.2) is 18.2 Å². The van der Waals surface area contributed by atoms with Gasteiger partial charge in [-0.05, 0) is 38.1 Å². The van der Waals surface area contributed by atoms with Crippen LogP contribution in [0.2, 0.25) is 0 Å². The van der Waals surface area contributed by atoms with Crippen molar-refractivity contribution in [3.8, 4) is 5.75 Å². The van der Waals surface area contributed by atoms with Crippen LogP contribution < -0.4 is 10.1 Å². The van der Waals surface area contributed by atoms with E-state index < -0.39 is 0 Å². The van der Waals surface area contributed by atoms with E-state index in [-0.39, 0.29) is 5.41 Å². The van der Waals surface area contributed by atoms with Gasteiger partial charge in [0.05, 0.1) is 16.8 Å². The number of nitrogens with zero attached hydrogens (tertiary/aromatic N) is 1. The first-order valence-electron chi connectivity index (χ1n) is 6.46. The molecule has 1 aliphatic rings. The second-order valence-electron chi connectivity index (χ2n) is 5.07. The maximum atomic E-state index is 5.54. The third kappa shape index (κ3) is 1.99. The number of hydrogen-bond acceptors (Lipinski definition) is 4. The molecular formula is C14H18N2OS. The van der Waals surface area contributed by atoms with Crippen LogP contribution >= 0.6 is 11.3 Å². The molecular weight excluding hydrogens is 244 g/mol. The number of nitrogens with one attached hydrogen (secondary N) is 1. The van der Waals surface area contributed by atoms with E-state index in [4.69, 9.17) is 9.72 Å². The number of benzene rings is 1. The topological polar surface area (TPSA) is 34.1 Å². The van der Waals surface area contributed by atoms with Gasteiger partial charge >= 0.3 is 0 Å². The van der Waals surface area contributed by atoms with E-state index in [1.54, 1.807) is 11.3 Å². The standard InChI is InChI=1S/C14H18N2OS/c1-3-17-10-4-5-11-12(8-10)18-13(16-11)14(2)6-7-15-9-14/h4-5,8,15H,3,6-7,9H2,1-2H3. The molecule has 2 aromatic rings. The van der Waals surface area contributed by atoms with Gasteiger partial charge in [0.2, 0.25) is 0 Å². The van der Waals surface area contributed by atoms with E-state index in [0.29, 0.717) is 6.61 Å². The molecule has 0 aliphatic carbocycles. The Morgan fingerprint density at radius 1 is 1.50 bits per heavy atom. The van der Waals surface area contributed by atoms with Crippen LogP contribution in [0.5, 0.6) is 5.75 Å². The molecule has 1 aromatic carbocycles. The molecule has 1 saturated heterocycles. The highest BCUT2D eigenvalue weighted by Gasteiger charge is 2.33. The second-order valence-corrected chi connectivity index (χ2v) is 6.10. The fourth-order valence-electron chi connectivity index (χ4n) is 2.42. The van der Waals surface area contributed by atoms with Crippen LogP contribution in [0, 0.1) is 0 Å². The monoisotopic (exact) mass is 262 g/mol. The molecule has 0 bridgehead atoms. The Kier molecular flexibility index (Phi) is 2.99. The van der Waals surface area contributed by atoms with E-state index in [9.17, 15) is 0 Å². The summed E-state index contributed by atoms with van der Waals surface area (Å²) in [5.41, 5.74) is 1.29. The van der Waals surface area contributed by atoms with Crippen LogP contribution in [-0.4, -0.2) is 24.7 Å². The van der Waals surface area contributed by atoms with E-state index in [2.05, 4.69) is 24.4 Å². The molecule has 0 radical (unpaired) electrons. The minimum atomic E-state index is 0.204. The van der Waals surface area contributed by atoms with Gasteiger partial charge in [0.25, 0.3) is 0 Å². The van der Waals surface area contributed by atoms with Crippen molar-refractivity contribution in [2.24, 2.45) is 0 Å². The zero-order valence-electron chi connectivity index (χ0n) is 10.8. The molecule has 0 spiro atoms. The van der Waals surface area contributed by atoms with E-state index in [1.807, 2.05) is 13.0 Å². The summed E-state index contributed by atoms with van der Waals surface area (Å²) in [6, 6.07) is 6.17. The van der Waals surface area contributed by atoms with Crippen LogP contribution in [0.25, 0.3) is 10.2 Å². The predicted octanol–water partition coefficient (Wildman–Crippen LogP) is 2.95. The molecule has 2 heterocycles. The summed E-state index contributed by atoms with van der Waals surface area (Å²) in [6.45, 7) is 7.14. The zero-order chi connectivity index (χ0) is 12.6. The lowest BCUT2D eigenvalue weighted by atomic mass is 9.91. The first kappa shape index (κ1) is 11.9. The van der Waals surface area contributed by atoms with Crippen molar-refractivity contribution in [2.45, 2.75) is 25.7 Å². The highest BCUT2D eigenvalue weighted by atomic mass is 32.1. The average molecular weight is 262 g/mol. The van der Waals surface area contributed by atoms with Crippen molar-refractivity contribution in [3.05, 3.63) is 23.2 Å². The van der Waals surface area contributed by atoms with Crippen molar-refractivity contribution in [2.75, 3.05) is 19.7 Å². The maximum absolute atomic E-state index is 5.54. The van der Waals surface area contributed by atoms with Gasteiger partial charge in [-0.1, -0.05) is 6.92 Å². The van der Waals surface area contributed by atoms with E-state index in [0.717, 1.165) is 24.4 Å². The Hall–Kier alpha value is -1.13. The molecule has 1 atom stereocenters. The number of rotatable bonds is 3. The Balaban J connectivity index is 2.00. The maximum Gasteiger partial charge on any atom is 0.120 e. The number of aromatic nitrogens is 1. The SMILES string of the molecule is CCOc1ccc2nc(C3(C)CCNC3)sc2c1. The number of hydrogen-bond donors (Lipinski definition) is 1. The Morgan fingerprint density at radius 3 is 3.11 bits per heavy atom. The lowest BCUT2D eigenvalue weighted by molar-refractivity contribution is 0.341. The average Bonchev–Trinajstić information content (AvgIpc) is 2.96. The second kappa shape index (κ2) is 4.52. The van der Waals surface area contributed by atoms with Gasteiger partial charge in [0, 0.05) is 12.0 Å². The van der Waals surface area contributed by atoms with Crippen LogP contribution in [0.4, 0.5) is 0 Å². The molecule has 18 heavy (non-hydrogen) atoms. The van der Waals surface area contributed by atoms with E-state index in [1.165, 1.54) is 16.1 Å². The summed E-state index contributed by atoms with van der Waals surface area (Å²) < 4.78 is 6.77. The number of fused-ring (bicyclic) bond motifs is 1. The molecule has 1 aliphatic heterocycles. The minimum absolute atomic E-state index is 0.204. The molecule has 1 unspecified atom stereocenters. The number of thiazole rings is 1. The molecule has 96 valence electrons. The molecule has 1 fully saturated rings. The van der Waals surface area contributed by atoms with Crippen LogP contribution in [0.3, 0.4) is 0 Å². The van der Waals surface area contributed by atoms with Gasteiger partial charge in [0.1, 0.15) is 10.8 Å². The van der Waals surface area contributed by atoms with Gasteiger partial charge in [-0.25, -0.2) is 4.98 Å². The molecule has 0 amide bonds. The predicted molar refractivity (Wildman–Crippen MR) is 75.6 cm³/mol. The van der Waals surface area contributed by atoms with Crippen LogP contribution in [0.1, 0.15) is 25.3 Å². The van der Waals surface area contributed by atoms with Crippen molar-refractivity contribution < 1.29 is 4.74 Å². The minimum Gasteiger partial charge on any atom is -0.494 e. The van der Waals surface area contributed by atoms with Crippen molar-refractivity contribution in [1.29, 1.82) is 0 Å². The van der Waals surface area contributed by atoms with E-state index >= 15 is 0 Å². The Morgan fingerprint density at radius 2 is 2.39 bits per heavy atom. The van der Waals surface area contributed by atoms with Gasteiger partial charge < -0.3 is 10.1 Å². The fourth-order valence-corrected chi connectivity index (χ4v) is 3.59. The third-order valence-corrected chi connectivity index (χ3v) is 4.88. The van der Waals surface area contributed by atoms with Gasteiger partial charge in [-0.3, -0.25) is 0 Å². The fraction of sp³-hybridized carbons (Fsp3) is 0.500. The molecule has 4 heteroatoms. The first-order chi connectivity index (χ1) is 8.71. The van der Waals surface area contributed by atoms with Crippen molar-refractivity contribution in [3.63, 3.8) is 0 Å². The molecule has 3 rings (SSSR count). The summed E-state index contributed by atoms with van der Waals surface area (Å²) in [5.74, 6) is 0.940. The lowest BCUT2D eigenvalue weighted by Crippen LogP contribution is -2.24. The lowest BCUT2D eigenvalue weighted by Gasteiger charge is -2.18. The first-order valence-corrected chi connectivity index (χ1v) is 7.27. The van der Waals surface area contributed by atoms with Gasteiger partial charge in [-0.15, -0.1) is 11.3 Å².